The zero-order valence-electron chi connectivity index (χ0n) is 17.6. The molecule has 0 atom stereocenters. The molecule has 0 N–H and O–H groups in total. The van der Waals surface area contributed by atoms with Gasteiger partial charge in [0, 0.05) is 13.1 Å². The van der Waals surface area contributed by atoms with Crippen molar-refractivity contribution >= 4 is 17.4 Å². The monoisotopic (exact) mass is 406 g/mol. The van der Waals surface area contributed by atoms with Crippen LogP contribution in [0.4, 0.5) is 0 Å². The van der Waals surface area contributed by atoms with Crippen molar-refractivity contribution in [3.63, 3.8) is 0 Å². The van der Waals surface area contributed by atoms with Gasteiger partial charge in [0.05, 0.1) is 26.3 Å². The van der Waals surface area contributed by atoms with Gasteiger partial charge in [0.2, 0.25) is 0 Å². The van der Waals surface area contributed by atoms with E-state index in [1.54, 1.807) is 26.4 Å². The van der Waals surface area contributed by atoms with Crippen molar-refractivity contribution in [2.45, 2.75) is 26.3 Å². The molecule has 2 aromatic carbocycles. The van der Waals surface area contributed by atoms with Crippen molar-refractivity contribution in [1.82, 2.24) is 9.80 Å². The molecular formula is C24H26N2O4. The van der Waals surface area contributed by atoms with Crippen molar-refractivity contribution in [1.29, 1.82) is 0 Å². The molecule has 2 heterocycles. The first-order chi connectivity index (χ1) is 14.5. The molecule has 0 bridgehead atoms. The molecule has 2 aromatic rings. The van der Waals surface area contributed by atoms with E-state index in [2.05, 4.69) is 0 Å². The lowest BCUT2D eigenvalue weighted by Gasteiger charge is -2.20. The second-order valence-electron chi connectivity index (χ2n) is 7.67. The minimum absolute atomic E-state index is 0.229. The van der Waals surface area contributed by atoms with Crippen LogP contribution in [0.15, 0.2) is 48.2 Å². The highest BCUT2D eigenvalue weighted by Gasteiger charge is 2.42. The molecule has 2 amide bonds. The Kier molecular flexibility index (Phi) is 5.48. The molecule has 0 unspecified atom stereocenters. The van der Waals surface area contributed by atoms with E-state index >= 15 is 0 Å². The molecule has 30 heavy (non-hydrogen) atoms. The van der Waals surface area contributed by atoms with Crippen molar-refractivity contribution < 1.29 is 19.1 Å². The van der Waals surface area contributed by atoms with E-state index in [4.69, 9.17) is 9.47 Å². The van der Waals surface area contributed by atoms with E-state index in [0.717, 1.165) is 37.1 Å². The lowest BCUT2D eigenvalue weighted by molar-refractivity contribution is -0.138. The van der Waals surface area contributed by atoms with Gasteiger partial charge in [-0.25, -0.2) is 0 Å². The van der Waals surface area contributed by atoms with Gasteiger partial charge in [-0.1, -0.05) is 35.9 Å². The van der Waals surface area contributed by atoms with Crippen LogP contribution in [-0.2, 0) is 16.1 Å². The molecule has 0 spiro atoms. The van der Waals surface area contributed by atoms with E-state index in [1.807, 2.05) is 42.2 Å². The lowest BCUT2D eigenvalue weighted by Crippen LogP contribution is -2.34. The van der Waals surface area contributed by atoms with Gasteiger partial charge < -0.3 is 14.4 Å². The Morgan fingerprint density at radius 1 is 0.867 bits per heavy atom. The maximum atomic E-state index is 13.5. The number of carbonyl (C=O) groups is 2. The molecule has 6 nitrogen and oxygen atoms in total. The maximum absolute atomic E-state index is 13.5. The van der Waals surface area contributed by atoms with E-state index in [9.17, 15) is 9.59 Å². The minimum Gasteiger partial charge on any atom is -0.493 e. The Morgan fingerprint density at radius 2 is 1.53 bits per heavy atom. The Balaban J connectivity index is 1.75. The molecule has 6 heteroatoms. The number of carbonyl (C=O) groups excluding carboxylic acids is 2. The van der Waals surface area contributed by atoms with Gasteiger partial charge in [-0.3, -0.25) is 14.5 Å². The summed E-state index contributed by atoms with van der Waals surface area (Å²) in [7, 11) is 3.13. The second kappa shape index (κ2) is 8.22. The van der Waals surface area contributed by atoms with Crippen LogP contribution in [0.25, 0.3) is 5.57 Å². The van der Waals surface area contributed by atoms with Crippen LogP contribution in [0, 0.1) is 6.92 Å². The number of hydrogen-bond donors (Lipinski definition) is 0. The van der Waals surface area contributed by atoms with Gasteiger partial charge in [-0.2, -0.15) is 0 Å². The van der Waals surface area contributed by atoms with Crippen molar-refractivity contribution in [3.8, 4) is 11.5 Å². The molecule has 4 rings (SSSR count). The number of hydrogen-bond acceptors (Lipinski definition) is 5. The third-order valence-corrected chi connectivity index (χ3v) is 5.70. The summed E-state index contributed by atoms with van der Waals surface area (Å²) in [6, 6.07) is 13.2. The SMILES string of the molecule is COc1ccc(C2=C(N3CCCC3)C(=O)N(Cc3ccc(C)cc3)C2=O)cc1OC. The summed E-state index contributed by atoms with van der Waals surface area (Å²) >= 11 is 0. The Bertz CT molecular complexity index is 1000. The predicted molar refractivity (Wildman–Crippen MR) is 114 cm³/mol. The summed E-state index contributed by atoms with van der Waals surface area (Å²) < 4.78 is 10.7. The number of imide groups is 1. The molecule has 1 saturated heterocycles. The fourth-order valence-corrected chi connectivity index (χ4v) is 4.07. The van der Waals surface area contributed by atoms with Crippen molar-refractivity contribution in [2.24, 2.45) is 0 Å². The molecule has 2 aliphatic heterocycles. The van der Waals surface area contributed by atoms with E-state index < -0.39 is 0 Å². The van der Waals surface area contributed by atoms with Crippen LogP contribution in [-0.4, -0.2) is 48.9 Å². The highest BCUT2D eigenvalue weighted by Crippen LogP contribution is 2.37. The standard InChI is InChI=1S/C24H26N2O4/c1-16-6-8-17(9-7-16)15-26-23(27)21(22(24(26)28)25-12-4-5-13-25)18-10-11-19(29-2)20(14-18)30-3/h6-11,14H,4-5,12-13,15H2,1-3H3. The molecule has 0 aliphatic carbocycles. The van der Waals surface area contributed by atoms with Crippen LogP contribution in [0.1, 0.15) is 29.5 Å². The van der Waals surface area contributed by atoms with Crippen LogP contribution < -0.4 is 9.47 Å². The van der Waals surface area contributed by atoms with Gasteiger partial charge in [-0.05, 0) is 43.0 Å². The number of likely N-dealkylation sites (tertiary alicyclic amines) is 1. The fraction of sp³-hybridized carbons (Fsp3) is 0.333. The largest absolute Gasteiger partial charge is 0.493 e. The fourth-order valence-electron chi connectivity index (χ4n) is 4.07. The number of methoxy groups -OCH3 is 2. The van der Waals surface area contributed by atoms with Gasteiger partial charge in [-0.15, -0.1) is 0 Å². The number of nitrogens with zero attached hydrogens (tertiary/aromatic N) is 2. The summed E-state index contributed by atoms with van der Waals surface area (Å²) in [5, 5.41) is 0. The van der Waals surface area contributed by atoms with Crippen LogP contribution >= 0.6 is 0 Å². The molecule has 0 aromatic heterocycles. The van der Waals surface area contributed by atoms with Crippen LogP contribution in [0.5, 0.6) is 11.5 Å². The Hall–Kier alpha value is -3.28. The number of aryl methyl sites for hydroxylation is 1. The molecule has 2 aliphatic rings. The highest BCUT2D eigenvalue weighted by atomic mass is 16.5. The third kappa shape index (κ3) is 3.54. The van der Waals surface area contributed by atoms with Gasteiger partial charge in [0.1, 0.15) is 5.70 Å². The van der Waals surface area contributed by atoms with Crippen molar-refractivity contribution in [2.75, 3.05) is 27.3 Å². The first kappa shape index (κ1) is 20.0. The quantitative estimate of drug-likeness (QED) is 0.689. The number of rotatable bonds is 6. The van der Waals surface area contributed by atoms with Gasteiger partial charge in [0.15, 0.2) is 11.5 Å². The summed E-state index contributed by atoms with van der Waals surface area (Å²) in [6.07, 6.45) is 2.03. The van der Waals surface area contributed by atoms with E-state index in [1.165, 1.54) is 4.90 Å². The van der Waals surface area contributed by atoms with Crippen molar-refractivity contribution in [3.05, 3.63) is 64.9 Å². The van der Waals surface area contributed by atoms with Gasteiger partial charge in [0.25, 0.3) is 11.8 Å². The van der Waals surface area contributed by atoms with Crippen LogP contribution in [0.3, 0.4) is 0 Å². The number of benzene rings is 2. The molecule has 0 radical (unpaired) electrons. The lowest BCUT2D eigenvalue weighted by atomic mass is 10.0. The second-order valence-corrected chi connectivity index (χ2v) is 7.67. The topological polar surface area (TPSA) is 59.1 Å². The molecular weight excluding hydrogens is 380 g/mol. The number of amides is 2. The number of ether oxygens (including phenoxy) is 2. The first-order valence-electron chi connectivity index (χ1n) is 10.2. The smallest absolute Gasteiger partial charge is 0.278 e. The maximum Gasteiger partial charge on any atom is 0.278 e. The Labute approximate surface area is 176 Å². The molecule has 1 fully saturated rings. The summed E-state index contributed by atoms with van der Waals surface area (Å²) in [4.78, 5) is 30.2. The zero-order valence-corrected chi connectivity index (χ0v) is 17.6. The highest BCUT2D eigenvalue weighted by molar-refractivity contribution is 6.35. The normalized spacial score (nSPS) is 16.6. The summed E-state index contributed by atoms with van der Waals surface area (Å²) in [5.41, 5.74) is 3.67. The third-order valence-electron chi connectivity index (χ3n) is 5.70. The first-order valence-corrected chi connectivity index (χ1v) is 10.2. The minimum atomic E-state index is -0.269. The molecule has 0 saturated carbocycles. The van der Waals surface area contributed by atoms with E-state index in [-0.39, 0.29) is 18.4 Å². The summed E-state index contributed by atoms with van der Waals surface area (Å²) in [5.74, 6) is 0.611. The summed E-state index contributed by atoms with van der Waals surface area (Å²) in [6.45, 7) is 3.83. The van der Waals surface area contributed by atoms with Crippen LogP contribution in [0.2, 0.25) is 0 Å². The Morgan fingerprint density at radius 3 is 2.17 bits per heavy atom. The van der Waals surface area contributed by atoms with Gasteiger partial charge >= 0.3 is 0 Å². The average Bonchev–Trinajstić information content (AvgIpc) is 3.37. The predicted octanol–water partition coefficient (Wildman–Crippen LogP) is 3.39. The average molecular weight is 406 g/mol. The zero-order chi connectivity index (χ0) is 21.3. The van der Waals surface area contributed by atoms with E-state index in [0.29, 0.717) is 28.3 Å². The molecule has 156 valence electrons.